The number of carbonyl (C=O) groups is 2. The SMILES string of the molecule is CC(C)CCOc1ccccc1C(=O)NC(=S)Nc1cccc(NC(=O)COc2ccccc2)c1. The van der Waals surface area contributed by atoms with Crippen LogP contribution in [0, 0.1) is 5.92 Å². The van der Waals surface area contributed by atoms with Crippen LogP contribution in [0.1, 0.15) is 30.6 Å². The van der Waals surface area contributed by atoms with Gasteiger partial charge in [0.1, 0.15) is 11.5 Å². The number of anilines is 2. The molecule has 35 heavy (non-hydrogen) atoms. The van der Waals surface area contributed by atoms with Crippen molar-refractivity contribution in [2.75, 3.05) is 23.8 Å². The number of hydrogen-bond donors (Lipinski definition) is 3. The Labute approximate surface area is 210 Å². The van der Waals surface area contributed by atoms with Crippen molar-refractivity contribution in [3.8, 4) is 11.5 Å². The minimum absolute atomic E-state index is 0.116. The van der Waals surface area contributed by atoms with E-state index >= 15 is 0 Å². The standard InChI is InChI=1S/C27H29N3O4S/c1-19(2)15-16-33-24-14-7-6-13-23(24)26(32)30-27(35)29-21-10-8-9-20(17-21)28-25(31)18-34-22-11-4-3-5-12-22/h3-14,17,19H,15-16,18H2,1-2H3,(H,28,31)(H2,29,30,32,35). The summed E-state index contributed by atoms with van der Waals surface area (Å²) in [7, 11) is 0. The molecule has 0 unspecified atom stereocenters. The molecule has 0 aliphatic heterocycles. The number of carbonyl (C=O) groups excluding carboxylic acids is 2. The van der Waals surface area contributed by atoms with Crippen molar-refractivity contribution in [2.45, 2.75) is 20.3 Å². The van der Waals surface area contributed by atoms with Gasteiger partial charge in [-0.3, -0.25) is 14.9 Å². The minimum Gasteiger partial charge on any atom is -0.493 e. The molecule has 182 valence electrons. The second kappa shape index (κ2) is 13.1. The number of benzene rings is 3. The lowest BCUT2D eigenvalue weighted by Gasteiger charge is -2.14. The van der Waals surface area contributed by atoms with E-state index in [0.717, 1.165) is 6.42 Å². The van der Waals surface area contributed by atoms with E-state index in [1.807, 2.05) is 24.3 Å². The maximum Gasteiger partial charge on any atom is 0.262 e. The van der Waals surface area contributed by atoms with Gasteiger partial charge in [-0.2, -0.15) is 0 Å². The summed E-state index contributed by atoms with van der Waals surface area (Å²) in [6, 6.07) is 23.2. The zero-order valence-corrected chi connectivity index (χ0v) is 20.6. The van der Waals surface area contributed by atoms with Crippen molar-refractivity contribution in [3.63, 3.8) is 0 Å². The molecule has 0 atom stereocenters. The van der Waals surface area contributed by atoms with E-state index in [2.05, 4.69) is 29.8 Å². The molecule has 7 nitrogen and oxygen atoms in total. The molecule has 0 saturated heterocycles. The molecular weight excluding hydrogens is 462 g/mol. The molecular formula is C27H29N3O4S. The van der Waals surface area contributed by atoms with Crippen LogP contribution in [0.5, 0.6) is 11.5 Å². The zero-order chi connectivity index (χ0) is 25.0. The smallest absolute Gasteiger partial charge is 0.262 e. The summed E-state index contributed by atoms with van der Waals surface area (Å²) in [5, 5.41) is 8.55. The fraction of sp³-hybridized carbons (Fsp3) is 0.222. The van der Waals surface area contributed by atoms with Crippen LogP contribution in [0.25, 0.3) is 0 Å². The molecule has 0 spiro atoms. The number of para-hydroxylation sites is 2. The Bertz CT molecular complexity index is 1150. The molecule has 8 heteroatoms. The summed E-state index contributed by atoms with van der Waals surface area (Å²) < 4.78 is 11.3. The Morgan fingerprint density at radius 3 is 2.29 bits per heavy atom. The Morgan fingerprint density at radius 2 is 1.54 bits per heavy atom. The van der Waals surface area contributed by atoms with Crippen molar-refractivity contribution >= 4 is 40.5 Å². The summed E-state index contributed by atoms with van der Waals surface area (Å²) in [6.07, 6.45) is 0.890. The van der Waals surface area contributed by atoms with Gasteiger partial charge >= 0.3 is 0 Å². The van der Waals surface area contributed by atoms with E-state index in [1.54, 1.807) is 54.6 Å². The van der Waals surface area contributed by atoms with E-state index in [9.17, 15) is 9.59 Å². The van der Waals surface area contributed by atoms with Crippen LogP contribution < -0.4 is 25.4 Å². The third-order valence-corrected chi connectivity index (χ3v) is 5.03. The first-order valence-corrected chi connectivity index (χ1v) is 11.7. The van der Waals surface area contributed by atoms with Crippen LogP contribution >= 0.6 is 12.2 Å². The van der Waals surface area contributed by atoms with E-state index in [4.69, 9.17) is 21.7 Å². The van der Waals surface area contributed by atoms with Crippen molar-refractivity contribution in [1.82, 2.24) is 5.32 Å². The van der Waals surface area contributed by atoms with Crippen LogP contribution in [0.15, 0.2) is 78.9 Å². The largest absolute Gasteiger partial charge is 0.493 e. The van der Waals surface area contributed by atoms with Gasteiger partial charge in [0, 0.05) is 11.4 Å². The Morgan fingerprint density at radius 1 is 0.857 bits per heavy atom. The van der Waals surface area contributed by atoms with Crippen molar-refractivity contribution in [1.29, 1.82) is 0 Å². The summed E-state index contributed by atoms with van der Waals surface area (Å²) in [4.78, 5) is 25.0. The van der Waals surface area contributed by atoms with E-state index < -0.39 is 0 Å². The molecule has 3 aromatic rings. The minimum atomic E-state index is -0.370. The number of nitrogens with one attached hydrogen (secondary N) is 3. The van der Waals surface area contributed by atoms with Gasteiger partial charge in [0.2, 0.25) is 0 Å². The molecule has 2 amide bonds. The lowest BCUT2D eigenvalue weighted by molar-refractivity contribution is -0.118. The fourth-order valence-corrected chi connectivity index (χ4v) is 3.27. The van der Waals surface area contributed by atoms with Gasteiger partial charge in [0.05, 0.1) is 12.2 Å². The maximum atomic E-state index is 12.8. The first-order valence-electron chi connectivity index (χ1n) is 11.3. The second-order valence-electron chi connectivity index (χ2n) is 8.17. The van der Waals surface area contributed by atoms with Gasteiger partial charge < -0.3 is 20.1 Å². The topological polar surface area (TPSA) is 88.7 Å². The van der Waals surface area contributed by atoms with Crippen molar-refractivity contribution in [3.05, 3.63) is 84.4 Å². The lowest BCUT2D eigenvalue weighted by Crippen LogP contribution is -2.34. The predicted molar refractivity (Wildman–Crippen MR) is 142 cm³/mol. The summed E-state index contributed by atoms with van der Waals surface area (Å²) in [5.74, 6) is 0.966. The summed E-state index contributed by atoms with van der Waals surface area (Å²) in [6.45, 7) is 4.64. The van der Waals surface area contributed by atoms with Crippen LogP contribution in [0.2, 0.25) is 0 Å². The fourth-order valence-electron chi connectivity index (χ4n) is 3.05. The molecule has 0 fully saturated rings. The summed E-state index contributed by atoms with van der Waals surface area (Å²) in [5.41, 5.74) is 1.58. The van der Waals surface area contributed by atoms with Gasteiger partial charge in [0.25, 0.3) is 11.8 Å². The van der Waals surface area contributed by atoms with Crippen molar-refractivity contribution < 1.29 is 19.1 Å². The molecule has 0 bridgehead atoms. The molecule has 0 aliphatic carbocycles. The predicted octanol–water partition coefficient (Wildman–Crippen LogP) is 5.26. The van der Waals surface area contributed by atoms with Crippen molar-refractivity contribution in [2.24, 2.45) is 5.92 Å². The van der Waals surface area contributed by atoms with Gasteiger partial charge in [-0.1, -0.05) is 50.2 Å². The highest BCUT2D eigenvalue weighted by Gasteiger charge is 2.14. The Kier molecular flexibility index (Phi) is 9.62. The van der Waals surface area contributed by atoms with E-state index in [-0.39, 0.29) is 23.5 Å². The molecule has 3 rings (SSSR count). The maximum absolute atomic E-state index is 12.8. The highest BCUT2D eigenvalue weighted by molar-refractivity contribution is 7.80. The third kappa shape index (κ3) is 8.75. The average Bonchev–Trinajstić information content (AvgIpc) is 2.83. The van der Waals surface area contributed by atoms with Crippen LogP contribution in [0.4, 0.5) is 11.4 Å². The molecule has 0 aliphatic rings. The lowest BCUT2D eigenvalue weighted by atomic mass is 10.1. The molecule has 3 N–H and O–H groups in total. The average molecular weight is 492 g/mol. The normalized spacial score (nSPS) is 10.4. The highest BCUT2D eigenvalue weighted by Crippen LogP contribution is 2.19. The van der Waals surface area contributed by atoms with Crippen LogP contribution in [-0.2, 0) is 4.79 Å². The summed E-state index contributed by atoms with van der Waals surface area (Å²) >= 11 is 5.31. The second-order valence-corrected chi connectivity index (χ2v) is 8.57. The van der Waals surface area contributed by atoms with Crippen LogP contribution in [0.3, 0.4) is 0 Å². The number of rotatable bonds is 10. The molecule has 0 saturated carbocycles. The van der Waals surface area contributed by atoms with Gasteiger partial charge in [0.15, 0.2) is 11.7 Å². The zero-order valence-electron chi connectivity index (χ0n) is 19.7. The van der Waals surface area contributed by atoms with E-state index in [0.29, 0.717) is 41.0 Å². The number of hydrogen-bond acceptors (Lipinski definition) is 5. The van der Waals surface area contributed by atoms with Crippen LogP contribution in [-0.4, -0.2) is 30.1 Å². The van der Waals surface area contributed by atoms with Gasteiger partial charge in [-0.05, 0) is 67.0 Å². The van der Waals surface area contributed by atoms with Gasteiger partial charge in [-0.25, -0.2) is 0 Å². The quantitative estimate of drug-likeness (QED) is 0.336. The molecule has 0 heterocycles. The number of ether oxygens (including phenoxy) is 2. The Hall–Kier alpha value is -3.91. The first-order chi connectivity index (χ1) is 16.9. The monoisotopic (exact) mass is 491 g/mol. The third-order valence-electron chi connectivity index (χ3n) is 4.83. The molecule has 3 aromatic carbocycles. The van der Waals surface area contributed by atoms with E-state index in [1.165, 1.54) is 0 Å². The molecule has 0 radical (unpaired) electrons. The Balaban J connectivity index is 1.53. The first kappa shape index (κ1) is 25.7. The molecule has 0 aromatic heterocycles. The number of thiocarbonyl (C=S) groups is 1. The number of amides is 2. The highest BCUT2D eigenvalue weighted by atomic mass is 32.1. The van der Waals surface area contributed by atoms with Gasteiger partial charge in [-0.15, -0.1) is 0 Å².